The maximum absolute atomic E-state index is 9.35. The summed E-state index contributed by atoms with van der Waals surface area (Å²) in [7, 11) is 0. The van der Waals surface area contributed by atoms with Gasteiger partial charge in [0.05, 0.1) is 12.7 Å². The second-order valence-corrected chi connectivity index (χ2v) is 4.84. The third kappa shape index (κ3) is 3.59. The van der Waals surface area contributed by atoms with Gasteiger partial charge in [-0.1, -0.05) is 35.0 Å². The lowest BCUT2D eigenvalue weighted by molar-refractivity contribution is 0.0835. The fourth-order valence-corrected chi connectivity index (χ4v) is 1.93. The topological polar surface area (TPSA) is 40.5 Å². The lowest BCUT2D eigenvalue weighted by Gasteiger charge is -2.15. The molecule has 0 saturated heterocycles. The van der Waals surface area contributed by atoms with Crippen molar-refractivity contribution in [3.63, 3.8) is 0 Å². The van der Waals surface area contributed by atoms with Crippen LogP contribution < -0.4 is 0 Å². The fourth-order valence-electron chi connectivity index (χ4n) is 1.53. The lowest BCUT2D eigenvalue weighted by atomic mass is 9.94. The van der Waals surface area contributed by atoms with Gasteiger partial charge in [-0.15, -0.1) is 0 Å². The van der Waals surface area contributed by atoms with Gasteiger partial charge in [0.1, 0.15) is 0 Å². The molecule has 0 fully saturated rings. The quantitative estimate of drug-likeness (QED) is 0.885. The van der Waals surface area contributed by atoms with Gasteiger partial charge in [-0.05, 0) is 36.5 Å². The van der Waals surface area contributed by atoms with Crippen LogP contribution in [-0.4, -0.2) is 22.9 Å². The zero-order valence-electron chi connectivity index (χ0n) is 9.07. The summed E-state index contributed by atoms with van der Waals surface area (Å²) in [5.41, 5.74) is 2.38. The fraction of sp³-hybridized carbons (Fsp3) is 0.500. The molecule has 2 N–H and O–H groups in total. The van der Waals surface area contributed by atoms with Crippen molar-refractivity contribution in [1.29, 1.82) is 0 Å². The smallest absolute Gasteiger partial charge is 0.0776 e. The van der Waals surface area contributed by atoms with E-state index in [1.807, 2.05) is 6.92 Å². The highest BCUT2D eigenvalue weighted by Gasteiger charge is 2.11. The summed E-state index contributed by atoms with van der Waals surface area (Å²) >= 11 is 3.49. The van der Waals surface area contributed by atoms with Gasteiger partial charge in [0.2, 0.25) is 0 Å². The first-order valence-electron chi connectivity index (χ1n) is 5.09. The average molecular weight is 273 g/mol. The van der Waals surface area contributed by atoms with E-state index in [0.29, 0.717) is 6.42 Å². The molecule has 1 aromatic rings. The minimum absolute atomic E-state index is 0.169. The van der Waals surface area contributed by atoms with E-state index >= 15 is 0 Å². The van der Waals surface area contributed by atoms with Crippen molar-refractivity contribution in [3.05, 3.63) is 33.8 Å². The number of halogens is 1. The zero-order chi connectivity index (χ0) is 11.4. The Morgan fingerprint density at radius 1 is 1.40 bits per heavy atom. The van der Waals surface area contributed by atoms with E-state index < -0.39 is 6.10 Å². The molecule has 15 heavy (non-hydrogen) atoms. The predicted molar refractivity (Wildman–Crippen MR) is 65.0 cm³/mol. The van der Waals surface area contributed by atoms with Crippen LogP contribution in [0, 0.1) is 6.92 Å². The van der Waals surface area contributed by atoms with E-state index in [9.17, 15) is 5.11 Å². The van der Waals surface area contributed by atoms with E-state index in [1.165, 1.54) is 11.1 Å². The average Bonchev–Trinajstić information content (AvgIpc) is 2.21. The van der Waals surface area contributed by atoms with Gasteiger partial charge in [-0.25, -0.2) is 0 Å². The van der Waals surface area contributed by atoms with Crippen LogP contribution in [0.5, 0.6) is 0 Å². The molecule has 0 aliphatic carbocycles. The van der Waals surface area contributed by atoms with Crippen LogP contribution in [-0.2, 0) is 0 Å². The van der Waals surface area contributed by atoms with Crippen LogP contribution in [0.25, 0.3) is 0 Å². The largest absolute Gasteiger partial charge is 0.394 e. The summed E-state index contributed by atoms with van der Waals surface area (Å²) in [4.78, 5) is 0. The molecular formula is C12H17BrO2. The van der Waals surface area contributed by atoms with Crippen LogP contribution in [0.1, 0.15) is 30.4 Å². The van der Waals surface area contributed by atoms with Crippen molar-refractivity contribution in [1.82, 2.24) is 0 Å². The summed E-state index contributed by atoms with van der Waals surface area (Å²) in [6.45, 7) is 3.93. The Morgan fingerprint density at radius 2 is 2.07 bits per heavy atom. The van der Waals surface area contributed by atoms with Gasteiger partial charge >= 0.3 is 0 Å². The molecule has 0 radical (unpaired) electrons. The minimum atomic E-state index is -0.625. The Kier molecular flexibility index (Phi) is 4.77. The SMILES string of the molecule is Cc1ccc(C(C)CC(O)CO)cc1Br. The normalized spacial score (nSPS) is 15.0. The summed E-state index contributed by atoms with van der Waals surface area (Å²) in [6, 6.07) is 6.19. The van der Waals surface area contributed by atoms with Crippen LogP contribution in [0.2, 0.25) is 0 Å². The Balaban J connectivity index is 2.73. The van der Waals surface area contributed by atoms with Gasteiger partial charge in [0.25, 0.3) is 0 Å². The Labute approximate surface area is 99.1 Å². The highest BCUT2D eigenvalue weighted by atomic mass is 79.9. The van der Waals surface area contributed by atoms with E-state index in [0.717, 1.165) is 4.47 Å². The van der Waals surface area contributed by atoms with Crippen molar-refractivity contribution in [3.8, 4) is 0 Å². The Morgan fingerprint density at radius 3 is 2.60 bits per heavy atom. The molecule has 3 heteroatoms. The third-order valence-electron chi connectivity index (χ3n) is 2.60. The number of aryl methyl sites for hydroxylation is 1. The molecule has 2 atom stereocenters. The maximum Gasteiger partial charge on any atom is 0.0776 e. The van der Waals surface area contributed by atoms with Crippen LogP contribution in [0.4, 0.5) is 0 Å². The van der Waals surface area contributed by atoms with Crippen molar-refractivity contribution >= 4 is 15.9 Å². The first kappa shape index (κ1) is 12.7. The van der Waals surface area contributed by atoms with Gasteiger partial charge < -0.3 is 10.2 Å². The molecule has 0 aliphatic heterocycles. The number of aliphatic hydroxyl groups excluding tert-OH is 2. The number of rotatable bonds is 4. The number of aliphatic hydroxyl groups is 2. The highest BCUT2D eigenvalue weighted by molar-refractivity contribution is 9.10. The van der Waals surface area contributed by atoms with Crippen molar-refractivity contribution in [2.75, 3.05) is 6.61 Å². The Hall–Kier alpha value is -0.380. The predicted octanol–water partition coefficient (Wildman–Crippen LogP) is 2.60. The van der Waals surface area contributed by atoms with Gasteiger partial charge in [-0.2, -0.15) is 0 Å². The maximum atomic E-state index is 9.35. The van der Waals surface area contributed by atoms with Gasteiger partial charge in [-0.3, -0.25) is 0 Å². The van der Waals surface area contributed by atoms with Crippen molar-refractivity contribution in [2.24, 2.45) is 0 Å². The van der Waals surface area contributed by atoms with E-state index in [-0.39, 0.29) is 12.5 Å². The molecule has 0 heterocycles. The second-order valence-electron chi connectivity index (χ2n) is 3.98. The number of hydrogen-bond donors (Lipinski definition) is 2. The molecule has 0 aliphatic rings. The highest BCUT2D eigenvalue weighted by Crippen LogP contribution is 2.25. The molecule has 2 unspecified atom stereocenters. The first-order chi connectivity index (χ1) is 7.04. The molecule has 0 aromatic heterocycles. The molecule has 1 aromatic carbocycles. The van der Waals surface area contributed by atoms with E-state index in [1.54, 1.807) is 0 Å². The molecule has 2 nitrogen and oxygen atoms in total. The minimum Gasteiger partial charge on any atom is -0.394 e. The van der Waals surface area contributed by atoms with E-state index in [2.05, 4.69) is 41.1 Å². The summed E-state index contributed by atoms with van der Waals surface area (Å²) in [5, 5.41) is 18.1. The van der Waals surface area contributed by atoms with Gasteiger partial charge in [0.15, 0.2) is 0 Å². The zero-order valence-corrected chi connectivity index (χ0v) is 10.7. The van der Waals surface area contributed by atoms with E-state index in [4.69, 9.17) is 5.11 Å². The Bertz CT molecular complexity index is 325. The first-order valence-corrected chi connectivity index (χ1v) is 5.89. The van der Waals surface area contributed by atoms with Crippen molar-refractivity contribution < 1.29 is 10.2 Å². The molecule has 84 valence electrons. The summed E-state index contributed by atoms with van der Waals surface area (Å²) in [5.74, 6) is 0.254. The number of benzene rings is 1. The molecule has 0 saturated carbocycles. The molecular weight excluding hydrogens is 256 g/mol. The van der Waals surface area contributed by atoms with Crippen molar-refractivity contribution in [2.45, 2.75) is 32.3 Å². The van der Waals surface area contributed by atoms with Crippen LogP contribution >= 0.6 is 15.9 Å². The molecule has 1 rings (SSSR count). The number of hydrogen-bond acceptors (Lipinski definition) is 2. The van der Waals surface area contributed by atoms with Gasteiger partial charge in [0, 0.05) is 4.47 Å². The standard InChI is InChI=1S/C12H17BrO2/c1-8-3-4-10(6-12(8)13)9(2)5-11(15)7-14/h3-4,6,9,11,14-15H,5,7H2,1-2H3. The molecule has 0 bridgehead atoms. The molecule has 0 amide bonds. The second kappa shape index (κ2) is 5.64. The third-order valence-corrected chi connectivity index (χ3v) is 3.46. The van der Waals surface area contributed by atoms with Crippen LogP contribution in [0.3, 0.4) is 0 Å². The van der Waals surface area contributed by atoms with Crippen LogP contribution in [0.15, 0.2) is 22.7 Å². The lowest BCUT2D eigenvalue weighted by Crippen LogP contribution is -2.15. The molecule has 0 spiro atoms. The summed E-state index contributed by atoms with van der Waals surface area (Å²) in [6.07, 6.45) is -0.0356. The monoisotopic (exact) mass is 272 g/mol. The summed E-state index contributed by atoms with van der Waals surface area (Å²) < 4.78 is 1.09.